The maximum Gasteiger partial charge on any atom is 0.203 e. The Balaban J connectivity index is 2.21. The summed E-state index contributed by atoms with van der Waals surface area (Å²) in [6, 6.07) is 8.18. The lowest BCUT2D eigenvalue weighted by Crippen LogP contribution is -2.01. The minimum Gasteiger partial charge on any atom is -0.493 e. The highest BCUT2D eigenvalue weighted by Gasteiger charge is 2.15. The van der Waals surface area contributed by atoms with E-state index in [9.17, 15) is 4.79 Å². The molecule has 0 unspecified atom stereocenters. The molecule has 0 aliphatic carbocycles. The fourth-order valence-electron chi connectivity index (χ4n) is 2.13. The van der Waals surface area contributed by atoms with Crippen LogP contribution in [0.5, 0.6) is 17.2 Å². The zero-order chi connectivity index (χ0) is 18.4. The Hall–Kier alpha value is -2.37. The van der Waals surface area contributed by atoms with Crippen LogP contribution in [0.2, 0.25) is 10.0 Å². The van der Waals surface area contributed by atoms with E-state index in [1.54, 1.807) is 30.3 Å². The van der Waals surface area contributed by atoms with E-state index in [1.807, 2.05) is 0 Å². The van der Waals surface area contributed by atoms with Crippen molar-refractivity contribution in [2.45, 2.75) is 0 Å². The third-order valence-electron chi connectivity index (χ3n) is 3.35. The molecule has 0 radical (unpaired) electrons. The van der Waals surface area contributed by atoms with Gasteiger partial charge in [0.15, 0.2) is 17.3 Å². The molecule has 2 aromatic carbocycles. The van der Waals surface area contributed by atoms with Gasteiger partial charge in [-0.1, -0.05) is 23.2 Å². The fourth-order valence-corrected chi connectivity index (χ4v) is 2.48. The van der Waals surface area contributed by atoms with Crippen molar-refractivity contribution in [3.05, 3.63) is 58.2 Å². The first-order valence-electron chi connectivity index (χ1n) is 7.22. The molecule has 1 N–H and O–H groups in total. The van der Waals surface area contributed by atoms with Crippen LogP contribution in [0.15, 0.2) is 42.6 Å². The zero-order valence-corrected chi connectivity index (χ0v) is 15.4. The normalized spacial score (nSPS) is 10.6. The highest BCUT2D eigenvalue weighted by atomic mass is 35.5. The molecule has 5 nitrogen and oxygen atoms in total. The number of ether oxygens (including phenoxy) is 3. The fraction of sp³-hybridized carbons (Fsp3) is 0.167. The zero-order valence-electron chi connectivity index (χ0n) is 13.9. The molecule has 0 aromatic heterocycles. The summed E-state index contributed by atoms with van der Waals surface area (Å²) < 4.78 is 15.7. The number of halogens is 2. The van der Waals surface area contributed by atoms with E-state index in [2.05, 4.69) is 5.32 Å². The molecule has 0 spiro atoms. The van der Waals surface area contributed by atoms with Crippen molar-refractivity contribution >= 4 is 34.7 Å². The summed E-state index contributed by atoms with van der Waals surface area (Å²) in [7, 11) is 4.48. The van der Waals surface area contributed by atoms with Crippen LogP contribution in [0.3, 0.4) is 0 Å². The van der Waals surface area contributed by atoms with Crippen LogP contribution < -0.4 is 19.5 Å². The molecular weight excluding hydrogens is 365 g/mol. The van der Waals surface area contributed by atoms with Gasteiger partial charge in [-0.2, -0.15) is 0 Å². The molecular formula is C18H17Cl2NO4. The largest absolute Gasteiger partial charge is 0.493 e. The maximum atomic E-state index is 12.4. The highest BCUT2D eigenvalue weighted by Crippen LogP contribution is 2.38. The Morgan fingerprint density at radius 1 is 1.00 bits per heavy atom. The van der Waals surface area contributed by atoms with Crippen LogP contribution in [0.4, 0.5) is 5.69 Å². The quantitative estimate of drug-likeness (QED) is 0.549. The third kappa shape index (κ3) is 4.59. The molecule has 25 heavy (non-hydrogen) atoms. The molecule has 7 heteroatoms. The van der Waals surface area contributed by atoms with Crippen LogP contribution in [0.25, 0.3) is 0 Å². The number of anilines is 1. The second-order valence-electron chi connectivity index (χ2n) is 4.88. The second kappa shape index (κ2) is 8.65. The molecule has 2 rings (SSSR count). The Morgan fingerprint density at radius 3 is 2.20 bits per heavy atom. The van der Waals surface area contributed by atoms with Gasteiger partial charge in [0.25, 0.3) is 0 Å². The van der Waals surface area contributed by atoms with E-state index < -0.39 is 0 Å². The van der Waals surface area contributed by atoms with Crippen molar-refractivity contribution < 1.29 is 19.0 Å². The summed E-state index contributed by atoms with van der Waals surface area (Å²) in [4.78, 5) is 12.4. The predicted octanol–water partition coefficient (Wildman–Crippen LogP) is 4.83. The van der Waals surface area contributed by atoms with E-state index in [0.29, 0.717) is 38.5 Å². The number of rotatable bonds is 7. The number of benzene rings is 2. The lowest BCUT2D eigenvalue weighted by molar-refractivity contribution is 0.104. The van der Waals surface area contributed by atoms with Crippen molar-refractivity contribution in [2.75, 3.05) is 26.6 Å². The molecule has 132 valence electrons. The average molecular weight is 382 g/mol. The summed E-state index contributed by atoms with van der Waals surface area (Å²) in [6.07, 6.45) is 2.86. The predicted molar refractivity (Wildman–Crippen MR) is 99.7 cm³/mol. The van der Waals surface area contributed by atoms with Gasteiger partial charge >= 0.3 is 0 Å². The van der Waals surface area contributed by atoms with Gasteiger partial charge in [-0.05, 0) is 30.3 Å². The first kappa shape index (κ1) is 19.0. The summed E-state index contributed by atoms with van der Waals surface area (Å²) in [5.74, 6) is 0.994. The van der Waals surface area contributed by atoms with Crippen molar-refractivity contribution in [3.63, 3.8) is 0 Å². The Kier molecular flexibility index (Phi) is 6.56. The molecule has 0 saturated heterocycles. The molecule has 0 aliphatic rings. The number of allylic oxidation sites excluding steroid dienone is 1. The Bertz CT molecular complexity index is 781. The summed E-state index contributed by atoms with van der Waals surface area (Å²) in [6.45, 7) is 0. The number of carbonyl (C=O) groups is 1. The van der Waals surface area contributed by atoms with Crippen LogP contribution in [-0.2, 0) is 0 Å². The highest BCUT2D eigenvalue weighted by molar-refractivity contribution is 6.35. The minimum absolute atomic E-state index is 0.245. The Labute approximate surface area is 156 Å². The van der Waals surface area contributed by atoms with Gasteiger partial charge in [-0.25, -0.2) is 0 Å². The van der Waals surface area contributed by atoms with E-state index in [0.717, 1.165) is 0 Å². The lowest BCUT2D eigenvalue weighted by atomic mass is 10.1. The Morgan fingerprint density at radius 2 is 1.64 bits per heavy atom. The van der Waals surface area contributed by atoms with E-state index in [1.165, 1.54) is 33.6 Å². The summed E-state index contributed by atoms with van der Waals surface area (Å²) in [5, 5.41) is 3.96. The number of nitrogens with one attached hydrogen (secondary N) is 1. The van der Waals surface area contributed by atoms with Gasteiger partial charge in [-0.3, -0.25) is 4.79 Å². The average Bonchev–Trinajstić information content (AvgIpc) is 2.62. The maximum absolute atomic E-state index is 12.4. The molecule has 0 heterocycles. The molecule has 0 atom stereocenters. The van der Waals surface area contributed by atoms with Crippen molar-refractivity contribution in [1.29, 1.82) is 0 Å². The number of hydrogen-bond acceptors (Lipinski definition) is 5. The van der Waals surface area contributed by atoms with Crippen LogP contribution in [-0.4, -0.2) is 27.1 Å². The molecule has 0 amide bonds. The first-order valence-corrected chi connectivity index (χ1v) is 7.98. The van der Waals surface area contributed by atoms with Crippen LogP contribution >= 0.6 is 23.2 Å². The molecule has 0 fully saturated rings. The van der Waals surface area contributed by atoms with Gasteiger partial charge in [-0.15, -0.1) is 0 Å². The number of carbonyl (C=O) groups excluding carboxylic acids is 1. The SMILES string of the molecule is COc1cc(C(=O)/C=C/Nc2cc(Cl)ccc2Cl)cc(OC)c1OC. The molecule has 0 bridgehead atoms. The summed E-state index contributed by atoms with van der Waals surface area (Å²) >= 11 is 12.0. The number of ketones is 1. The van der Waals surface area contributed by atoms with E-state index in [-0.39, 0.29) is 5.78 Å². The smallest absolute Gasteiger partial charge is 0.203 e. The molecule has 0 aliphatic heterocycles. The minimum atomic E-state index is -0.245. The lowest BCUT2D eigenvalue weighted by Gasteiger charge is -2.13. The number of hydrogen-bond donors (Lipinski definition) is 1. The van der Waals surface area contributed by atoms with Crippen molar-refractivity contribution in [2.24, 2.45) is 0 Å². The second-order valence-corrected chi connectivity index (χ2v) is 5.72. The summed E-state index contributed by atoms with van der Waals surface area (Å²) in [5.41, 5.74) is 0.993. The molecule has 2 aromatic rings. The van der Waals surface area contributed by atoms with Crippen molar-refractivity contribution in [1.82, 2.24) is 0 Å². The standard InChI is InChI=1S/C18H17Cl2NO4/c1-23-16-8-11(9-17(24-2)18(16)25-3)15(22)6-7-21-14-10-12(19)4-5-13(14)20/h4-10,21H,1-3H3/b7-6+. The van der Waals surface area contributed by atoms with Crippen LogP contribution in [0, 0.1) is 0 Å². The van der Waals surface area contributed by atoms with Gasteiger partial charge in [0, 0.05) is 22.9 Å². The monoisotopic (exact) mass is 381 g/mol. The van der Waals surface area contributed by atoms with Gasteiger partial charge in [0.05, 0.1) is 32.0 Å². The van der Waals surface area contributed by atoms with E-state index in [4.69, 9.17) is 37.4 Å². The third-order valence-corrected chi connectivity index (χ3v) is 3.92. The van der Waals surface area contributed by atoms with Gasteiger partial charge < -0.3 is 19.5 Å². The number of methoxy groups -OCH3 is 3. The van der Waals surface area contributed by atoms with Gasteiger partial charge in [0.1, 0.15) is 0 Å². The molecule has 0 saturated carbocycles. The van der Waals surface area contributed by atoms with E-state index >= 15 is 0 Å². The first-order chi connectivity index (χ1) is 12.0. The van der Waals surface area contributed by atoms with Crippen molar-refractivity contribution in [3.8, 4) is 17.2 Å². The topological polar surface area (TPSA) is 56.8 Å². The van der Waals surface area contributed by atoms with Crippen LogP contribution in [0.1, 0.15) is 10.4 Å². The van der Waals surface area contributed by atoms with Gasteiger partial charge in [0.2, 0.25) is 5.75 Å².